The van der Waals surface area contributed by atoms with E-state index >= 15 is 0 Å². The summed E-state index contributed by atoms with van der Waals surface area (Å²) in [4.78, 5) is 28.7. The minimum absolute atomic E-state index is 0.0199. The highest BCUT2D eigenvalue weighted by atomic mass is 35.5. The fraction of sp³-hybridized carbons (Fsp3) is 0.188. The Morgan fingerprint density at radius 2 is 1.56 bits per heavy atom. The van der Waals surface area contributed by atoms with Gasteiger partial charge >= 0.3 is 0 Å². The van der Waals surface area contributed by atoms with Crippen molar-refractivity contribution in [3.63, 3.8) is 0 Å². The van der Waals surface area contributed by atoms with Crippen molar-refractivity contribution in [2.75, 3.05) is 17.9 Å². The molecule has 0 aromatic heterocycles. The number of amides is 2. The van der Waals surface area contributed by atoms with E-state index < -0.39 is 40.2 Å². The standard InChI is InChI=1S/C32H30Cl2FN3O4S/c1-22-12-15-26(16-13-22)43(41,42)38(29-19-25(33)14-17-27(29)34)21-31(39)37(20-24-10-6-7-11-28(24)35)30(32(40)36-2)18-23-8-4-3-5-9-23/h3-17,19,30H,18,20-21H2,1-2H3,(H,36,40). The number of aryl methyl sites for hydroxylation is 1. The molecule has 2 amide bonds. The second kappa shape index (κ2) is 14.0. The second-order valence-corrected chi connectivity index (χ2v) is 12.6. The zero-order valence-corrected chi connectivity index (χ0v) is 25.8. The molecule has 0 fully saturated rings. The summed E-state index contributed by atoms with van der Waals surface area (Å²) < 4.78 is 43.8. The topological polar surface area (TPSA) is 86.8 Å². The number of halogens is 3. The fourth-order valence-electron chi connectivity index (χ4n) is 4.56. The van der Waals surface area contributed by atoms with Crippen molar-refractivity contribution in [3.8, 4) is 0 Å². The summed E-state index contributed by atoms with van der Waals surface area (Å²) in [6.07, 6.45) is 0.101. The minimum Gasteiger partial charge on any atom is -0.357 e. The van der Waals surface area contributed by atoms with Crippen molar-refractivity contribution >= 4 is 50.7 Å². The third-order valence-electron chi connectivity index (χ3n) is 6.88. The first-order valence-corrected chi connectivity index (χ1v) is 15.5. The molecular formula is C32H30Cl2FN3O4S. The Kier molecular flexibility index (Phi) is 10.4. The van der Waals surface area contributed by atoms with Gasteiger partial charge in [0, 0.05) is 30.6 Å². The molecule has 11 heteroatoms. The Hall–Kier alpha value is -3.92. The second-order valence-electron chi connectivity index (χ2n) is 9.85. The molecule has 0 spiro atoms. The van der Waals surface area contributed by atoms with Crippen LogP contribution in [0.1, 0.15) is 16.7 Å². The predicted octanol–water partition coefficient (Wildman–Crippen LogP) is 6.02. The zero-order chi connectivity index (χ0) is 31.1. The minimum atomic E-state index is -4.36. The van der Waals surface area contributed by atoms with Gasteiger partial charge in [-0.1, -0.05) is 89.4 Å². The van der Waals surface area contributed by atoms with Crippen LogP contribution in [0, 0.1) is 12.7 Å². The lowest BCUT2D eigenvalue weighted by atomic mass is 10.0. The van der Waals surface area contributed by atoms with Gasteiger partial charge in [-0.3, -0.25) is 13.9 Å². The molecule has 4 aromatic carbocycles. The number of benzene rings is 4. The van der Waals surface area contributed by atoms with E-state index in [-0.39, 0.29) is 39.2 Å². The molecule has 43 heavy (non-hydrogen) atoms. The number of likely N-dealkylation sites (N-methyl/N-ethyl adjacent to an activating group) is 1. The van der Waals surface area contributed by atoms with Gasteiger partial charge in [0.2, 0.25) is 11.8 Å². The Labute approximate surface area is 260 Å². The maximum absolute atomic E-state index is 14.9. The molecule has 1 N–H and O–H groups in total. The maximum Gasteiger partial charge on any atom is 0.264 e. The number of nitrogens with zero attached hydrogens (tertiary/aromatic N) is 2. The van der Waals surface area contributed by atoms with E-state index in [4.69, 9.17) is 23.2 Å². The average Bonchev–Trinajstić information content (AvgIpc) is 3.00. The average molecular weight is 643 g/mol. The first-order valence-electron chi connectivity index (χ1n) is 13.3. The van der Waals surface area contributed by atoms with Crippen LogP contribution < -0.4 is 9.62 Å². The van der Waals surface area contributed by atoms with Crippen molar-refractivity contribution in [2.45, 2.75) is 30.8 Å². The Morgan fingerprint density at radius 1 is 0.907 bits per heavy atom. The van der Waals surface area contributed by atoms with E-state index in [1.165, 1.54) is 60.5 Å². The highest BCUT2D eigenvalue weighted by Gasteiger charge is 2.35. The van der Waals surface area contributed by atoms with Gasteiger partial charge in [0.15, 0.2) is 0 Å². The molecule has 1 atom stereocenters. The van der Waals surface area contributed by atoms with Crippen LogP contribution in [0.3, 0.4) is 0 Å². The molecule has 0 heterocycles. The van der Waals surface area contributed by atoms with Crippen molar-refractivity contribution in [1.82, 2.24) is 10.2 Å². The van der Waals surface area contributed by atoms with Crippen LogP contribution in [0.2, 0.25) is 10.0 Å². The van der Waals surface area contributed by atoms with E-state index in [0.29, 0.717) is 0 Å². The summed E-state index contributed by atoms with van der Waals surface area (Å²) >= 11 is 12.7. The molecule has 4 rings (SSSR count). The van der Waals surface area contributed by atoms with Crippen LogP contribution in [0.5, 0.6) is 0 Å². The van der Waals surface area contributed by atoms with Crippen molar-refractivity contribution in [3.05, 3.63) is 130 Å². The molecule has 1 unspecified atom stereocenters. The quantitative estimate of drug-likeness (QED) is 0.217. The normalized spacial score (nSPS) is 11.9. The SMILES string of the molecule is CNC(=O)C(Cc1ccccc1)N(Cc1ccccc1F)C(=O)CN(c1cc(Cl)ccc1Cl)S(=O)(=O)c1ccc(C)cc1. The van der Waals surface area contributed by atoms with Gasteiger partial charge in [0.05, 0.1) is 15.6 Å². The Balaban J connectivity index is 1.83. The molecule has 7 nitrogen and oxygen atoms in total. The first kappa shape index (κ1) is 32.0. The third-order valence-corrected chi connectivity index (χ3v) is 9.21. The summed E-state index contributed by atoms with van der Waals surface area (Å²) in [7, 11) is -2.93. The van der Waals surface area contributed by atoms with Crippen LogP contribution in [0.15, 0.2) is 102 Å². The predicted molar refractivity (Wildman–Crippen MR) is 167 cm³/mol. The molecular weight excluding hydrogens is 612 g/mol. The van der Waals surface area contributed by atoms with Crippen molar-refractivity contribution in [2.24, 2.45) is 0 Å². The number of nitrogens with one attached hydrogen (secondary N) is 1. The van der Waals surface area contributed by atoms with E-state index in [1.807, 2.05) is 25.1 Å². The van der Waals surface area contributed by atoms with Crippen LogP contribution in [-0.4, -0.2) is 44.8 Å². The van der Waals surface area contributed by atoms with Crippen molar-refractivity contribution in [1.29, 1.82) is 0 Å². The lowest BCUT2D eigenvalue weighted by Crippen LogP contribution is -2.53. The van der Waals surface area contributed by atoms with Gasteiger partial charge < -0.3 is 10.2 Å². The van der Waals surface area contributed by atoms with Gasteiger partial charge in [0.1, 0.15) is 18.4 Å². The van der Waals surface area contributed by atoms with Crippen LogP contribution in [0.4, 0.5) is 10.1 Å². The highest BCUT2D eigenvalue weighted by molar-refractivity contribution is 7.92. The first-order chi connectivity index (χ1) is 20.5. The van der Waals surface area contributed by atoms with E-state index in [0.717, 1.165) is 15.4 Å². The molecule has 0 aliphatic heterocycles. The smallest absolute Gasteiger partial charge is 0.264 e. The lowest BCUT2D eigenvalue weighted by Gasteiger charge is -2.34. The fourth-order valence-corrected chi connectivity index (χ4v) is 6.42. The van der Waals surface area contributed by atoms with Crippen LogP contribution in [0.25, 0.3) is 0 Å². The summed E-state index contributed by atoms with van der Waals surface area (Å²) in [5.74, 6) is -1.82. The van der Waals surface area contributed by atoms with E-state index in [2.05, 4.69) is 5.32 Å². The molecule has 0 bridgehead atoms. The molecule has 4 aromatic rings. The van der Waals surface area contributed by atoms with E-state index in [9.17, 15) is 22.4 Å². The van der Waals surface area contributed by atoms with Crippen LogP contribution in [-0.2, 0) is 32.6 Å². The summed E-state index contributed by atoms with van der Waals surface area (Å²) in [5.41, 5.74) is 1.73. The highest BCUT2D eigenvalue weighted by Crippen LogP contribution is 2.33. The molecule has 0 radical (unpaired) electrons. The third kappa shape index (κ3) is 7.73. The van der Waals surface area contributed by atoms with E-state index in [1.54, 1.807) is 30.3 Å². The number of carbonyl (C=O) groups excluding carboxylic acids is 2. The number of rotatable bonds is 11. The molecule has 0 saturated carbocycles. The zero-order valence-electron chi connectivity index (χ0n) is 23.5. The number of hydrogen-bond donors (Lipinski definition) is 1. The van der Waals surface area contributed by atoms with Gasteiger partial charge in [-0.05, 0) is 48.9 Å². The molecule has 224 valence electrons. The number of carbonyl (C=O) groups is 2. The molecule has 0 aliphatic carbocycles. The largest absolute Gasteiger partial charge is 0.357 e. The van der Waals surface area contributed by atoms with Gasteiger partial charge in [-0.2, -0.15) is 0 Å². The molecule has 0 saturated heterocycles. The van der Waals surface area contributed by atoms with Gasteiger partial charge in [0.25, 0.3) is 10.0 Å². The van der Waals surface area contributed by atoms with Crippen LogP contribution >= 0.6 is 23.2 Å². The number of hydrogen-bond acceptors (Lipinski definition) is 4. The number of sulfonamides is 1. The monoisotopic (exact) mass is 641 g/mol. The lowest BCUT2D eigenvalue weighted by molar-refractivity contribution is -0.139. The van der Waals surface area contributed by atoms with Crippen molar-refractivity contribution < 1.29 is 22.4 Å². The number of anilines is 1. The summed E-state index contributed by atoms with van der Waals surface area (Å²) in [6, 6.07) is 24.3. The summed E-state index contributed by atoms with van der Waals surface area (Å²) in [5, 5.41) is 2.83. The maximum atomic E-state index is 14.9. The summed E-state index contributed by atoms with van der Waals surface area (Å²) in [6.45, 7) is 0.781. The Morgan fingerprint density at radius 3 is 2.21 bits per heavy atom. The van der Waals surface area contributed by atoms with Gasteiger partial charge in [-0.25, -0.2) is 12.8 Å². The van der Waals surface area contributed by atoms with Gasteiger partial charge in [-0.15, -0.1) is 0 Å². The molecule has 0 aliphatic rings. The Bertz CT molecular complexity index is 1700.